The van der Waals surface area contributed by atoms with Gasteiger partial charge < -0.3 is 5.32 Å². The SMILES string of the molecule is CS(=O)(=O)c1cccc(C(=O)NN2C(=O)NC3(CCCCC3)C2=O)c1. The summed E-state index contributed by atoms with van der Waals surface area (Å²) in [6.45, 7) is 0. The van der Waals surface area contributed by atoms with Crippen LogP contribution in [-0.2, 0) is 14.6 Å². The minimum absolute atomic E-state index is 0.0129. The second kappa shape index (κ2) is 6.14. The Balaban J connectivity index is 1.79. The number of urea groups is 1. The van der Waals surface area contributed by atoms with Crippen molar-refractivity contribution in [3.63, 3.8) is 0 Å². The maximum absolute atomic E-state index is 12.6. The Hall–Kier alpha value is -2.42. The van der Waals surface area contributed by atoms with Gasteiger partial charge in [0.2, 0.25) is 0 Å². The number of hydrazine groups is 1. The van der Waals surface area contributed by atoms with Gasteiger partial charge in [-0.1, -0.05) is 25.3 Å². The maximum atomic E-state index is 12.6. The van der Waals surface area contributed by atoms with Crippen molar-refractivity contribution in [1.82, 2.24) is 15.8 Å². The van der Waals surface area contributed by atoms with Gasteiger partial charge >= 0.3 is 6.03 Å². The van der Waals surface area contributed by atoms with Crippen molar-refractivity contribution in [3.8, 4) is 0 Å². The van der Waals surface area contributed by atoms with Crippen LogP contribution in [0, 0.1) is 0 Å². The third kappa shape index (κ3) is 3.23. The molecule has 1 aliphatic carbocycles. The summed E-state index contributed by atoms with van der Waals surface area (Å²) in [4.78, 5) is 37.1. The van der Waals surface area contributed by atoms with Crippen LogP contribution < -0.4 is 10.7 Å². The van der Waals surface area contributed by atoms with Gasteiger partial charge in [-0.25, -0.2) is 13.2 Å². The van der Waals surface area contributed by atoms with Crippen molar-refractivity contribution in [2.24, 2.45) is 0 Å². The van der Waals surface area contributed by atoms with Crippen LogP contribution in [0.1, 0.15) is 42.5 Å². The summed E-state index contributed by atoms with van der Waals surface area (Å²) in [7, 11) is -3.47. The molecule has 25 heavy (non-hydrogen) atoms. The van der Waals surface area contributed by atoms with Crippen molar-refractivity contribution < 1.29 is 22.8 Å². The molecule has 9 heteroatoms. The lowest BCUT2D eigenvalue weighted by Crippen LogP contribution is -2.50. The Kier molecular flexibility index (Phi) is 4.28. The van der Waals surface area contributed by atoms with E-state index in [1.807, 2.05) is 0 Å². The lowest BCUT2D eigenvalue weighted by molar-refractivity contribution is -0.134. The lowest BCUT2D eigenvalue weighted by atomic mass is 9.82. The normalized spacial score (nSPS) is 19.8. The standard InChI is InChI=1S/C16H19N3O5S/c1-25(23,24)12-7-5-6-11(10-12)13(20)18-19-14(21)16(17-15(19)22)8-3-2-4-9-16/h5-7,10H,2-4,8-9H2,1H3,(H,17,22)(H,18,20). The molecule has 0 radical (unpaired) electrons. The number of nitrogens with one attached hydrogen (secondary N) is 2. The Morgan fingerprint density at radius 2 is 1.88 bits per heavy atom. The number of nitrogens with zero attached hydrogens (tertiary/aromatic N) is 1. The molecule has 1 saturated carbocycles. The predicted octanol–water partition coefficient (Wildman–Crippen LogP) is 0.990. The van der Waals surface area contributed by atoms with E-state index in [2.05, 4.69) is 10.7 Å². The minimum Gasteiger partial charge on any atom is -0.322 e. The van der Waals surface area contributed by atoms with E-state index in [0.29, 0.717) is 17.9 Å². The maximum Gasteiger partial charge on any atom is 0.344 e. The minimum atomic E-state index is -3.47. The number of imide groups is 1. The highest BCUT2D eigenvalue weighted by molar-refractivity contribution is 7.90. The van der Waals surface area contributed by atoms with Gasteiger partial charge in [0.15, 0.2) is 9.84 Å². The van der Waals surface area contributed by atoms with Gasteiger partial charge in [-0.05, 0) is 31.0 Å². The van der Waals surface area contributed by atoms with Gasteiger partial charge in [-0.2, -0.15) is 5.01 Å². The number of carbonyl (C=O) groups is 3. The van der Waals surface area contributed by atoms with Crippen LogP contribution in [0.3, 0.4) is 0 Å². The van der Waals surface area contributed by atoms with Crippen LogP contribution in [0.25, 0.3) is 0 Å². The zero-order valence-electron chi connectivity index (χ0n) is 13.7. The fourth-order valence-corrected chi connectivity index (χ4v) is 3.92. The van der Waals surface area contributed by atoms with Gasteiger partial charge in [0.1, 0.15) is 5.54 Å². The van der Waals surface area contributed by atoms with E-state index in [9.17, 15) is 22.8 Å². The summed E-state index contributed by atoms with van der Waals surface area (Å²) in [6, 6.07) is 4.76. The van der Waals surface area contributed by atoms with Crippen molar-refractivity contribution in [2.45, 2.75) is 42.5 Å². The third-order valence-electron chi connectivity index (χ3n) is 4.61. The summed E-state index contributed by atoms with van der Waals surface area (Å²) in [5.74, 6) is -1.19. The Morgan fingerprint density at radius 1 is 1.20 bits per heavy atom. The molecule has 0 bridgehead atoms. The molecule has 2 fully saturated rings. The van der Waals surface area contributed by atoms with Crippen LogP contribution in [0.4, 0.5) is 4.79 Å². The van der Waals surface area contributed by atoms with E-state index in [4.69, 9.17) is 0 Å². The molecule has 2 aliphatic rings. The summed E-state index contributed by atoms with van der Waals surface area (Å²) >= 11 is 0. The number of hydrogen-bond acceptors (Lipinski definition) is 5. The first-order chi connectivity index (χ1) is 11.7. The molecule has 2 N–H and O–H groups in total. The van der Waals surface area contributed by atoms with Crippen LogP contribution in [-0.4, -0.2) is 43.1 Å². The fourth-order valence-electron chi connectivity index (χ4n) is 3.25. The molecule has 0 aromatic heterocycles. The zero-order chi connectivity index (χ0) is 18.2. The molecule has 1 aromatic carbocycles. The Bertz CT molecular complexity index is 843. The molecule has 0 unspecified atom stereocenters. The number of hydrogen-bond donors (Lipinski definition) is 2. The second-order valence-electron chi connectivity index (χ2n) is 6.45. The highest BCUT2D eigenvalue weighted by Crippen LogP contribution is 2.33. The number of amides is 4. The molecule has 1 saturated heterocycles. The number of rotatable bonds is 3. The van der Waals surface area contributed by atoms with Crippen LogP contribution in [0.15, 0.2) is 29.2 Å². The number of sulfone groups is 1. The van der Waals surface area contributed by atoms with Gasteiger partial charge in [-0.3, -0.25) is 15.0 Å². The highest BCUT2D eigenvalue weighted by Gasteiger charge is 2.52. The molecular formula is C16H19N3O5S. The zero-order valence-corrected chi connectivity index (χ0v) is 14.6. The molecule has 1 aromatic rings. The summed E-state index contributed by atoms with van der Waals surface area (Å²) in [6.07, 6.45) is 4.82. The van der Waals surface area contributed by atoms with E-state index in [1.54, 1.807) is 0 Å². The van der Waals surface area contributed by atoms with Gasteiger partial charge in [-0.15, -0.1) is 0 Å². The molecule has 4 amide bonds. The quantitative estimate of drug-likeness (QED) is 0.776. The monoisotopic (exact) mass is 365 g/mol. The fraction of sp³-hybridized carbons (Fsp3) is 0.438. The first-order valence-electron chi connectivity index (χ1n) is 8.01. The summed E-state index contributed by atoms with van der Waals surface area (Å²) in [5, 5.41) is 3.38. The number of carbonyl (C=O) groups excluding carboxylic acids is 3. The van der Waals surface area contributed by atoms with Crippen molar-refractivity contribution in [2.75, 3.05) is 6.26 Å². The van der Waals surface area contributed by atoms with Crippen LogP contribution >= 0.6 is 0 Å². The van der Waals surface area contributed by atoms with Crippen molar-refractivity contribution in [1.29, 1.82) is 0 Å². The van der Waals surface area contributed by atoms with Gasteiger partial charge in [0, 0.05) is 11.8 Å². The molecule has 134 valence electrons. The molecule has 1 aliphatic heterocycles. The molecule has 1 spiro atoms. The van der Waals surface area contributed by atoms with Gasteiger partial charge in [0.25, 0.3) is 11.8 Å². The highest BCUT2D eigenvalue weighted by atomic mass is 32.2. The van der Waals surface area contributed by atoms with E-state index in [1.165, 1.54) is 24.3 Å². The third-order valence-corrected chi connectivity index (χ3v) is 5.72. The Morgan fingerprint density at radius 3 is 2.52 bits per heavy atom. The largest absolute Gasteiger partial charge is 0.344 e. The van der Waals surface area contributed by atoms with Gasteiger partial charge in [0.05, 0.1) is 4.90 Å². The average Bonchev–Trinajstić information content (AvgIpc) is 2.79. The summed E-state index contributed by atoms with van der Waals surface area (Å²) < 4.78 is 23.2. The molecule has 0 atom stereocenters. The van der Waals surface area contributed by atoms with E-state index in [-0.39, 0.29) is 10.5 Å². The van der Waals surface area contributed by atoms with Crippen LogP contribution in [0.2, 0.25) is 0 Å². The predicted molar refractivity (Wildman–Crippen MR) is 88.2 cm³/mol. The average molecular weight is 365 g/mol. The molecule has 3 rings (SSSR count). The van der Waals surface area contributed by atoms with Crippen LogP contribution in [0.5, 0.6) is 0 Å². The van der Waals surface area contributed by atoms with E-state index >= 15 is 0 Å². The summed E-state index contributed by atoms with van der Waals surface area (Å²) in [5.41, 5.74) is 1.40. The molecule has 8 nitrogen and oxygen atoms in total. The smallest absolute Gasteiger partial charge is 0.322 e. The Labute approximate surface area is 145 Å². The first-order valence-corrected chi connectivity index (χ1v) is 9.90. The molecule has 1 heterocycles. The first kappa shape index (κ1) is 17.4. The van der Waals surface area contributed by atoms with Crippen molar-refractivity contribution in [3.05, 3.63) is 29.8 Å². The second-order valence-corrected chi connectivity index (χ2v) is 8.47. The van der Waals surface area contributed by atoms with E-state index in [0.717, 1.165) is 25.5 Å². The van der Waals surface area contributed by atoms with E-state index < -0.39 is 33.2 Å². The van der Waals surface area contributed by atoms with Crippen molar-refractivity contribution >= 4 is 27.7 Å². The number of benzene rings is 1. The topological polar surface area (TPSA) is 113 Å². The lowest BCUT2D eigenvalue weighted by Gasteiger charge is -2.30. The molecular weight excluding hydrogens is 346 g/mol.